The molecule has 0 atom stereocenters. The largest absolute Gasteiger partial charge is 0.480 e. The predicted molar refractivity (Wildman–Crippen MR) is 61.9 cm³/mol. The van der Waals surface area contributed by atoms with Gasteiger partial charge in [0.2, 0.25) is 0 Å². The smallest absolute Gasteiger partial charge is 0.322 e. The molecule has 17 heavy (non-hydrogen) atoms. The zero-order valence-electron chi connectivity index (χ0n) is 9.85. The lowest BCUT2D eigenvalue weighted by molar-refractivity contribution is -0.134. The third kappa shape index (κ3) is 2.03. The van der Waals surface area contributed by atoms with Crippen LogP contribution in [0.15, 0.2) is 0 Å². The van der Waals surface area contributed by atoms with Crippen LogP contribution in [0.3, 0.4) is 0 Å². The van der Waals surface area contributed by atoms with Crippen LogP contribution in [0.25, 0.3) is 11.2 Å². The van der Waals surface area contributed by atoms with E-state index < -0.39 is 5.97 Å². The molecule has 0 aliphatic heterocycles. The minimum Gasteiger partial charge on any atom is -0.480 e. The van der Waals surface area contributed by atoms with Gasteiger partial charge in [0.15, 0.2) is 17.0 Å². The molecule has 0 aliphatic rings. The van der Waals surface area contributed by atoms with Crippen molar-refractivity contribution in [3.8, 4) is 0 Å². The molecule has 0 spiro atoms. The lowest BCUT2D eigenvalue weighted by atomic mass is 10.4. The van der Waals surface area contributed by atoms with Crippen LogP contribution in [-0.4, -0.2) is 37.1 Å². The standard InChI is InChI=1S/C10H13N5O2/c1-5-12-9(11-4-7(16)17)8-10(13-5)15(3)6(2)14-8/h4H2,1-3H3,(H,16,17)(H,11,12,13). The molecule has 0 fully saturated rings. The number of carboxylic acid groups (broad SMARTS) is 1. The predicted octanol–water partition coefficient (Wildman–Crippen LogP) is 0.477. The molecule has 0 unspecified atom stereocenters. The summed E-state index contributed by atoms with van der Waals surface area (Å²) in [6.45, 7) is 3.42. The maximum Gasteiger partial charge on any atom is 0.322 e. The number of imidazole rings is 1. The average molecular weight is 235 g/mol. The molecular formula is C10H13N5O2. The second-order valence-corrected chi connectivity index (χ2v) is 3.76. The summed E-state index contributed by atoms with van der Waals surface area (Å²) < 4.78 is 1.84. The summed E-state index contributed by atoms with van der Waals surface area (Å²) in [7, 11) is 1.86. The summed E-state index contributed by atoms with van der Waals surface area (Å²) in [6.07, 6.45) is 0. The number of hydrogen-bond acceptors (Lipinski definition) is 5. The molecule has 7 heteroatoms. The van der Waals surface area contributed by atoms with Crippen molar-refractivity contribution >= 4 is 23.0 Å². The molecule has 0 aromatic carbocycles. The number of aliphatic carboxylic acids is 1. The lowest BCUT2D eigenvalue weighted by Crippen LogP contribution is -2.14. The molecule has 0 aliphatic carbocycles. The number of hydrogen-bond donors (Lipinski definition) is 2. The second kappa shape index (κ2) is 4.00. The number of nitrogens with zero attached hydrogens (tertiary/aromatic N) is 4. The highest BCUT2D eigenvalue weighted by molar-refractivity contribution is 5.85. The van der Waals surface area contributed by atoms with Gasteiger partial charge in [-0.3, -0.25) is 4.79 Å². The average Bonchev–Trinajstić information content (AvgIpc) is 2.53. The Morgan fingerprint density at radius 2 is 2.06 bits per heavy atom. The van der Waals surface area contributed by atoms with Gasteiger partial charge >= 0.3 is 5.97 Å². The van der Waals surface area contributed by atoms with E-state index in [-0.39, 0.29) is 6.54 Å². The van der Waals surface area contributed by atoms with E-state index in [2.05, 4.69) is 20.3 Å². The van der Waals surface area contributed by atoms with Crippen LogP contribution < -0.4 is 5.32 Å². The molecule has 2 aromatic heterocycles. The molecule has 2 rings (SSSR count). The van der Waals surface area contributed by atoms with Gasteiger partial charge in [-0.25, -0.2) is 15.0 Å². The highest BCUT2D eigenvalue weighted by atomic mass is 16.4. The summed E-state index contributed by atoms with van der Waals surface area (Å²) in [4.78, 5) is 23.3. The summed E-state index contributed by atoms with van der Waals surface area (Å²) in [5, 5.41) is 11.4. The number of carboxylic acids is 1. The molecule has 2 N–H and O–H groups in total. The van der Waals surface area contributed by atoms with Gasteiger partial charge in [-0.05, 0) is 13.8 Å². The molecule has 0 radical (unpaired) electrons. The second-order valence-electron chi connectivity index (χ2n) is 3.76. The number of aryl methyl sites for hydroxylation is 3. The Hall–Kier alpha value is -2.18. The Labute approximate surface area is 97.5 Å². The van der Waals surface area contributed by atoms with E-state index in [0.29, 0.717) is 22.8 Å². The molecule has 0 saturated heterocycles. The van der Waals surface area contributed by atoms with E-state index in [9.17, 15) is 4.79 Å². The number of anilines is 1. The van der Waals surface area contributed by atoms with Gasteiger partial charge in [0, 0.05) is 7.05 Å². The zero-order chi connectivity index (χ0) is 12.6. The molecule has 2 aromatic rings. The van der Waals surface area contributed by atoms with Crippen molar-refractivity contribution in [2.75, 3.05) is 11.9 Å². The number of carbonyl (C=O) groups is 1. The number of aromatic nitrogens is 4. The Kier molecular flexibility index (Phi) is 2.66. The van der Waals surface area contributed by atoms with Crippen molar-refractivity contribution in [1.29, 1.82) is 0 Å². The molecule has 90 valence electrons. The first-order valence-electron chi connectivity index (χ1n) is 5.12. The van der Waals surface area contributed by atoms with Crippen LogP contribution in [0.2, 0.25) is 0 Å². The lowest BCUT2D eigenvalue weighted by Gasteiger charge is -2.04. The summed E-state index contributed by atoms with van der Waals surface area (Å²) in [6, 6.07) is 0. The molecular weight excluding hydrogens is 222 g/mol. The third-order valence-electron chi connectivity index (χ3n) is 2.46. The first-order chi connectivity index (χ1) is 7.99. The van der Waals surface area contributed by atoms with Gasteiger partial charge in [0.05, 0.1) is 0 Å². The minimum atomic E-state index is -0.943. The molecule has 7 nitrogen and oxygen atoms in total. The molecule has 0 amide bonds. The van der Waals surface area contributed by atoms with Crippen LogP contribution in [0.4, 0.5) is 5.82 Å². The van der Waals surface area contributed by atoms with Crippen molar-refractivity contribution < 1.29 is 9.90 Å². The Balaban J connectivity index is 2.54. The molecule has 0 saturated carbocycles. The van der Waals surface area contributed by atoms with Gasteiger partial charge < -0.3 is 15.0 Å². The van der Waals surface area contributed by atoms with Crippen LogP contribution in [0.5, 0.6) is 0 Å². The fraction of sp³-hybridized carbons (Fsp3) is 0.400. The topological polar surface area (TPSA) is 92.9 Å². The normalized spacial score (nSPS) is 10.8. The van der Waals surface area contributed by atoms with Crippen LogP contribution >= 0.6 is 0 Å². The van der Waals surface area contributed by atoms with Crippen molar-refractivity contribution in [2.24, 2.45) is 7.05 Å². The zero-order valence-corrected chi connectivity index (χ0v) is 9.85. The number of rotatable bonds is 3. The van der Waals surface area contributed by atoms with Gasteiger partial charge in [0.25, 0.3) is 0 Å². The first kappa shape index (κ1) is 11.3. The van der Waals surface area contributed by atoms with E-state index in [1.807, 2.05) is 18.5 Å². The summed E-state index contributed by atoms with van der Waals surface area (Å²) in [5.74, 6) is 0.896. The Morgan fingerprint density at radius 3 is 2.71 bits per heavy atom. The fourth-order valence-corrected chi connectivity index (χ4v) is 1.56. The highest BCUT2D eigenvalue weighted by Crippen LogP contribution is 2.19. The van der Waals surface area contributed by atoms with E-state index in [0.717, 1.165) is 5.82 Å². The van der Waals surface area contributed by atoms with Gasteiger partial charge in [0.1, 0.15) is 18.2 Å². The monoisotopic (exact) mass is 235 g/mol. The summed E-state index contributed by atoms with van der Waals surface area (Å²) >= 11 is 0. The van der Waals surface area contributed by atoms with Gasteiger partial charge in [-0.2, -0.15) is 0 Å². The Morgan fingerprint density at radius 1 is 1.35 bits per heavy atom. The quantitative estimate of drug-likeness (QED) is 0.803. The minimum absolute atomic E-state index is 0.193. The van der Waals surface area contributed by atoms with Crippen LogP contribution in [-0.2, 0) is 11.8 Å². The highest BCUT2D eigenvalue weighted by Gasteiger charge is 2.13. The molecule has 2 heterocycles. The number of nitrogens with one attached hydrogen (secondary N) is 1. The first-order valence-corrected chi connectivity index (χ1v) is 5.12. The van der Waals surface area contributed by atoms with E-state index in [1.54, 1.807) is 6.92 Å². The van der Waals surface area contributed by atoms with Crippen molar-refractivity contribution in [3.05, 3.63) is 11.6 Å². The SMILES string of the molecule is Cc1nc(NCC(=O)O)c2nc(C)n(C)c2n1. The van der Waals surface area contributed by atoms with Crippen molar-refractivity contribution in [3.63, 3.8) is 0 Å². The fourth-order valence-electron chi connectivity index (χ4n) is 1.56. The van der Waals surface area contributed by atoms with Crippen LogP contribution in [0, 0.1) is 13.8 Å². The maximum absolute atomic E-state index is 10.5. The molecule has 0 bridgehead atoms. The van der Waals surface area contributed by atoms with E-state index >= 15 is 0 Å². The third-order valence-corrected chi connectivity index (χ3v) is 2.46. The van der Waals surface area contributed by atoms with E-state index in [1.165, 1.54) is 0 Å². The maximum atomic E-state index is 10.5. The van der Waals surface area contributed by atoms with Crippen molar-refractivity contribution in [1.82, 2.24) is 19.5 Å². The van der Waals surface area contributed by atoms with E-state index in [4.69, 9.17) is 5.11 Å². The van der Waals surface area contributed by atoms with Crippen molar-refractivity contribution in [2.45, 2.75) is 13.8 Å². The number of fused-ring (bicyclic) bond motifs is 1. The van der Waals surface area contributed by atoms with Crippen LogP contribution in [0.1, 0.15) is 11.6 Å². The summed E-state index contributed by atoms with van der Waals surface area (Å²) in [5.41, 5.74) is 1.29. The van der Waals surface area contributed by atoms with Gasteiger partial charge in [-0.1, -0.05) is 0 Å². The van der Waals surface area contributed by atoms with Gasteiger partial charge in [-0.15, -0.1) is 0 Å². The Bertz CT molecular complexity index is 590.